The van der Waals surface area contributed by atoms with E-state index in [0.717, 1.165) is 25.8 Å². The van der Waals surface area contributed by atoms with Crippen molar-refractivity contribution in [3.8, 4) is 0 Å². The number of alkyl halides is 1. The van der Waals surface area contributed by atoms with Gasteiger partial charge in [0.25, 0.3) is 0 Å². The van der Waals surface area contributed by atoms with E-state index in [1.54, 1.807) is 0 Å². The Morgan fingerprint density at radius 1 is 1.33 bits per heavy atom. The average Bonchev–Trinajstić information content (AvgIpc) is 2.53. The summed E-state index contributed by atoms with van der Waals surface area (Å²) in [6.45, 7) is 12.1. The summed E-state index contributed by atoms with van der Waals surface area (Å²) in [7, 11) is 0. The second-order valence-corrected chi connectivity index (χ2v) is 8.06. The first kappa shape index (κ1) is 16.2. The van der Waals surface area contributed by atoms with E-state index in [1.807, 2.05) is 0 Å². The third-order valence-corrected chi connectivity index (χ3v) is 4.41. The van der Waals surface area contributed by atoms with E-state index in [-0.39, 0.29) is 5.41 Å². The Kier molecular flexibility index (Phi) is 5.91. The summed E-state index contributed by atoms with van der Waals surface area (Å²) >= 11 is 7.39. The van der Waals surface area contributed by atoms with E-state index in [2.05, 4.69) is 76.3 Å². The van der Waals surface area contributed by atoms with E-state index >= 15 is 0 Å². The second kappa shape index (κ2) is 6.56. The minimum atomic E-state index is 0.281. The van der Waals surface area contributed by atoms with E-state index in [9.17, 15) is 0 Å². The Balaban J connectivity index is 2.99. The second-order valence-electron chi connectivity index (χ2n) is 5.70. The number of aryl methyl sites for hydroxylation is 2. The van der Waals surface area contributed by atoms with Gasteiger partial charge in [-0.05, 0) is 47.5 Å². The number of nitrogens with zero attached hydrogens (tertiary/aromatic N) is 2. The molecule has 18 heavy (non-hydrogen) atoms. The molecule has 1 aromatic rings. The smallest absolute Gasteiger partial charge is 0.0766 e. The molecule has 4 heteroatoms. The first-order chi connectivity index (χ1) is 8.30. The van der Waals surface area contributed by atoms with Crippen LogP contribution in [0.25, 0.3) is 0 Å². The minimum absolute atomic E-state index is 0.281. The van der Waals surface area contributed by atoms with Crippen LogP contribution < -0.4 is 0 Å². The third kappa shape index (κ3) is 4.09. The van der Waals surface area contributed by atoms with Gasteiger partial charge in [0.1, 0.15) is 0 Å². The molecule has 0 bridgehead atoms. The van der Waals surface area contributed by atoms with Crippen LogP contribution in [0, 0.1) is 5.41 Å². The molecule has 104 valence electrons. The largest absolute Gasteiger partial charge is 0.268 e. The summed E-state index contributed by atoms with van der Waals surface area (Å²) in [5, 5.41) is 4.67. The van der Waals surface area contributed by atoms with Crippen molar-refractivity contribution in [2.75, 3.05) is 0 Å². The standard InChI is InChI=1S/C14H24Br2N2/c1-6-11-13(16)12(18(7-2)17-11)9-14(4,5)8-10(3)15/h10H,6-9H2,1-5H3. The van der Waals surface area contributed by atoms with Gasteiger partial charge < -0.3 is 0 Å². The SMILES string of the molecule is CCc1nn(CC)c(CC(C)(C)CC(C)Br)c1Br. The molecule has 2 nitrogen and oxygen atoms in total. The average molecular weight is 380 g/mol. The van der Waals surface area contributed by atoms with Gasteiger partial charge in [-0.15, -0.1) is 0 Å². The molecule has 0 spiro atoms. The maximum atomic E-state index is 4.67. The molecule has 1 heterocycles. The maximum absolute atomic E-state index is 4.67. The predicted octanol–water partition coefficient (Wildman–Crippen LogP) is 4.97. The van der Waals surface area contributed by atoms with Crippen LogP contribution in [0.1, 0.15) is 52.4 Å². The highest BCUT2D eigenvalue weighted by Gasteiger charge is 2.25. The summed E-state index contributed by atoms with van der Waals surface area (Å²) in [6.07, 6.45) is 3.20. The molecule has 0 aliphatic carbocycles. The molecule has 0 aliphatic heterocycles. The Bertz CT molecular complexity index is 395. The minimum Gasteiger partial charge on any atom is -0.268 e. The van der Waals surface area contributed by atoms with Crippen LogP contribution in [0.2, 0.25) is 0 Å². The van der Waals surface area contributed by atoms with Crippen LogP contribution in [0.3, 0.4) is 0 Å². The molecule has 0 aliphatic rings. The molecule has 1 aromatic heterocycles. The molecule has 1 rings (SSSR count). The van der Waals surface area contributed by atoms with Gasteiger partial charge in [0.15, 0.2) is 0 Å². The molecule has 0 amide bonds. The van der Waals surface area contributed by atoms with Crippen molar-refractivity contribution in [2.45, 2.75) is 65.3 Å². The summed E-state index contributed by atoms with van der Waals surface area (Å²) in [6, 6.07) is 0. The van der Waals surface area contributed by atoms with Gasteiger partial charge in [0.2, 0.25) is 0 Å². The van der Waals surface area contributed by atoms with Crippen molar-refractivity contribution in [1.29, 1.82) is 0 Å². The van der Waals surface area contributed by atoms with Crippen LogP contribution in [0.5, 0.6) is 0 Å². The van der Waals surface area contributed by atoms with Gasteiger partial charge >= 0.3 is 0 Å². The Hall–Kier alpha value is 0.170. The van der Waals surface area contributed by atoms with Gasteiger partial charge in [-0.2, -0.15) is 5.10 Å². The quantitative estimate of drug-likeness (QED) is 0.638. The number of aromatic nitrogens is 2. The van der Waals surface area contributed by atoms with Crippen molar-refractivity contribution in [2.24, 2.45) is 5.41 Å². The fourth-order valence-electron chi connectivity index (χ4n) is 2.47. The molecule has 1 unspecified atom stereocenters. The van der Waals surface area contributed by atoms with E-state index in [4.69, 9.17) is 0 Å². The van der Waals surface area contributed by atoms with Crippen LogP contribution in [-0.2, 0) is 19.4 Å². The summed E-state index contributed by atoms with van der Waals surface area (Å²) < 4.78 is 3.35. The molecule has 0 N–H and O–H groups in total. The monoisotopic (exact) mass is 378 g/mol. The zero-order chi connectivity index (χ0) is 13.9. The first-order valence-corrected chi connectivity index (χ1v) is 8.39. The Morgan fingerprint density at radius 2 is 1.94 bits per heavy atom. The molecule has 0 radical (unpaired) electrons. The van der Waals surface area contributed by atoms with Crippen LogP contribution in [-0.4, -0.2) is 14.6 Å². The third-order valence-electron chi connectivity index (χ3n) is 3.17. The highest BCUT2D eigenvalue weighted by molar-refractivity contribution is 9.10. The summed E-state index contributed by atoms with van der Waals surface area (Å²) in [5.74, 6) is 0. The number of hydrogen-bond acceptors (Lipinski definition) is 1. The van der Waals surface area contributed by atoms with E-state index in [0.29, 0.717) is 4.83 Å². The van der Waals surface area contributed by atoms with Gasteiger partial charge in [-0.25, -0.2) is 0 Å². The lowest BCUT2D eigenvalue weighted by molar-refractivity contribution is 0.324. The number of rotatable bonds is 6. The fraction of sp³-hybridized carbons (Fsp3) is 0.786. The van der Waals surface area contributed by atoms with Crippen molar-refractivity contribution >= 4 is 31.9 Å². The lowest BCUT2D eigenvalue weighted by Gasteiger charge is -2.26. The highest BCUT2D eigenvalue weighted by Crippen LogP contribution is 2.33. The molecule has 0 aromatic carbocycles. The number of halogens is 2. The molecule has 1 atom stereocenters. The topological polar surface area (TPSA) is 17.8 Å². The molecule has 0 fully saturated rings. The van der Waals surface area contributed by atoms with Crippen LogP contribution in [0.4, 0.5) is 0 Å². The summed E-state index contributed by atoms with van der Waals surface area (Å²) in [4.78, 5) is 0.551. The molecular weight excluding hydrogens is 356 g/mol. The van der Waals surface area contributed by atoms with Gasteiger partial charge in [0.05, 0.1) is 15.9 Å². The Labute approximate surface area is 128 Å². The number of hydrogen-bond donors (Lipinski definition) is 0. The lowest BCUT2D eigenvalue weighted by atomic mass is 9.83. The van der Waals surface area contributed by atoms with Crippen molar-refractivity contribution < 1.29 is 0 Å². The molecule has 0 saturated carbocycles. The van der Waals surface area contributed by atoms with E-state index < -0.39 is 0 Å². The van der Waals surface area contributed by atoms with Crippen molar-refractivity contribution in [3.63, 3.8) is 0 Å². The fourth-order valence-corrected chi connectivity index (χ4v) is 4.05. The lowest BCUT2D eigenvalue weighted by Crippen LogP contribution is -2.21. The zero-order valence-electron chi connectivity index (χ0n) is 12.1. The van der Waals surface area contributed by atoms with Crippen molar-refractivity contribution in [1.82, 2.24) is 9.78 Å². The van der Waals surface area contributed by atoms with Crippen LogP contribution >= 0.6 is 31.9 Å². The van der Waals surface area contributed by atoms with E-state index in [1.165, 1.54) is 15.9 Å². The maximum Gasteiger partial charge on any atom is 0.0766 e. The highest BCUT2D eigenvalue weighted by atomic mass is 79.9. The van der Waals surface area contributed by atoms with Crippen molar-refractivity contribution in [3.05, 3.63) is 15.9 Å². The zero-order valence-corrected chi connectivity index (χ0v) is 15.2. The van der Waals surface area contributed by atoms with Gasteiger partial charge in [-0.3, -0.25) is 4.68 Å². The normalized spacial score (nSPS) is 13.9. The first-order valence-electron chi connectivity index (χ1n) is 6.68. The molecule has 0 saturated heterocycles. The van der Waals surface area contributed by atoms with Gasteiger partial charge in [-0.1, -0.05) is 43.6 Å². The van der Waals surface area contributed by atoms with Crippen LogP contribution in [0.15, 0.2) is 4.47 Å². The Morgan fingerprint density at radius 3 is 2.39 bits per heavy atom. The molecular formula is C14H24Br2N2. The summed E-state index contributed by atoms with van der Waals surface area (Å²) in [5.41, 5.74) is 2.80. The predicted molar refractivity (Wildman–Crippen MR) is 85.5 cm³/mol. The van der Waals surface area contributed by atoms with Gasteiger partial charge in [0, 0.05) is 11.4 Å².